The molecule has 6 atom stereocenters. The van der Waals surface area contributed by atoms with Crippen LogP contribution in [0, 0.1) is 23.7 Å². The van der Waals surface area contributed by atoms with E-state index in [1.165, 1.54) is 58.3 Å². The zero-order chi connectivity index (χ0) is 65.0. The Balaban J connectivity index is 4.07. The molecule has 25 nitrogen and oxygen atoms in total. The molecule has 0 heterocycles. The lowest BCUT2D eigenvalue weighted by molar-refractivity contribution is -0.145. The lowest BCUT2D eigenvalue weighted by Crippen LogP contribution is -2.42. The van der Waals surface area contributed by atoms with Crippen LogP contribution in [0.5, 0.6) is 0 Å². The summed E-state index contributed by atoms with van der Waals surface area (Å²) in [6.45, 7) is 5.48. The molecule has 25 heteroatoms. The molecule has 0 rings (SSSR count). The Kier molecular flexibility index (Phi) is 49.8. The van der Waals surface area contributed by atoms with E-state index in [2.05, 4.69) is 21.3 Å². The highest BCUT2D eigenvalue weighted by Crippen LogP contribution is 2.21. The summed E-state index contributed by atoms with van der Waals surface area (Å²) in [5, 5.41) is 48.9. The molecule has 0 aromatic carbocycles. The molecular weight excluding hydrogens is 1130 g/mol. The van der Waals surface area contributed by atoms with Crippen LogP contribution in [0.3, 0.4) is 0 Å². The van der Waals surface area contributed by atoms with Crippen LogP contribution < -0.4 is 27.0 Å². The van der Waals surface area contributed by atoms with Gasteiger partial charge in [-0.15, -0.1) is 0 Å². The fourth-order valence-corrected chi connectivity index (χ4v) is 9.57. The SMILES string of the molecule is CC[C@@H](CCCCNC(=O)CC[C@H](NC(=O)CC[C@H](CC(=O)COCCOCCNC(=O)COCCOCCNC(=O)CC[C@H](CC(=O)CCCCCCCCCCCCCCCCC(C)=O)C(=O)O)C(=O)O)C(=O)O)C(=O)CC[C@H](C(N)=O)[C@@H](C)O. The van der Waals surface area contributed by atoms with E-state index in [4.69, 9.17) is 24.7 Å². The number of hydrogen-bond acceptors (Lipinski definition) is 17. The third kappa shape index (κ3) is 47.9. The zero-order valence-corrected chi connectivity index (χ0v) is 52.4. The molecule has 0 saturated carbocycles. The third-order valence-electron chi connectivity index (χ3n) is 14.9. The van der Waals surface area contributed by atoms with Gasteiger partial charge in [-0.3, -0.25) is 47.9 Å². The van der Waals surface area contributed by atoms with Crippen molar-refractivity contribution < 1.29 is 96.9 Å². The molecule has 0 bridgehead atoms. The van der Waals surface area contributed by atoms with Crippen molar-refractivity contribution in [2.75, 3.05) is 72.5 Å². The van der Waals surface area contributed by atoms with Gasteiger partial charge in [-0.1, -0.05) is 90.4 Å². The van der Waals surface area contributed by atoms with Crippen LogP contribution in [0.1, 0.15) is 213 Å². The molecule has 0 aliphatic carbocycles. The third-order valence-corrected chi connectivity index (χ3v) is 14.9. The summed E-state index contributed by atoms with van der Waals surface area (Å²) in [6.07, 6.45) is 16.9. The number of carboxylic acid groups (broad SMARTS) is 3. The Morgan fingerprint density at radius 2 is 0.874 bits per heavy atom. The summed E-state index contributed by atoms with van der Waals surface area (Å²) in [4.78, 5) is 145. The lowest BCUT2D eigenvalue weighted by atomic mass is 9.88. The molecule has 0 aliphatic heterocycles. The number of hydrogen-bond donors (Lipinski definition) is 9. The van der Waals surface area contributed by atoms with Gasteiger partial charge in [0, 0.05) is 76.9 Å². The molecule has 0 saturated heterocycles. The Hall–Kier alpha value is -5.76. The van der Waals surface area contributed by atoms with Gasteiger partial charge in [0.25, 0.3) is 0 Å². The second-order valence-corrected chi connectivity index (χ2v) is 22.5. The van der Waals surface area contributed by atoms with Crippen molar-refractivity contribution in [1.82, 2.24) is 21.3 Å². The minimum Gasteiger partial charge on any atom is -0.481 e. The van der Waals surface area contributed by atoms with Crippen molar-refractivity contribution in [3.63, 3.8) is 0 Å². The molecule has 500 valence electrons. The molecule has 0 aromatic heterocycles. The molecule has 0 aliphatic rings. The van der Waals surface area contributed by atoms with Gasteiger partial charge in [0.2, 0.25) is 29.5 Å². The van der Waals surface area contributed by atoms with Crippen LogP contribution in [0.15, 0.2) is 0 Å². The first kappa shape index (κ1) is 81.2. The predicted molar refractivity (Wildman–Crippen MR) is 322 cm³/mol. The number of carboxylic acids is 3. The number of amides is 5. The summed E-state index contributed by atoms with van der Waals surface area (Å²) in [6, 6.07) is -1.43. The van der Waals surface area contributed by atoms with Gasteiger partial charge in [-0.2, -0.15) is 0 Å². The van der Waals surface area contributed by atoms with E-state index < -0.39 is 96.7 Å². The van der Waals surface area contributed by atoms with E-state index in [9.17, 15) is 78.0 Å². The van der Waals surface area contributed by atoms with Gasteiger partial charge in [0.1, 0.15) is 36.6 Å². The zero-order valence-electron chi connectivity index (χ0n) is 52.4. The molecule has 5 amide bonds. The average molecular weight is 1240 g/mol. The number of aliphatic carboxylic acids is 3. The number of carbonyl (C=O) groups excluding carboxylic acids is 9. The van der Waals surface area contributed by atoms with Crippen LogP contribution >= 0.6 is 0 Å². The Morgan fingerprint density at radius 1 is 0.425 bits per heavy atom. The lowest BCUT2D eigenvalue weighted by Gasteiger charge is -2.18. The Labute approximate surface area is 514 Å². The van der Waals surface area contributed by atoms with E-state index >= 15 is 0 Å². The van der Waals surface area contributed by atoms with Crippen LogP contribution in [-0.4, -0.2) is 176 Å². The fourth-order valence-electron chi connectivity index (χ4n) is 9.57. The highest BCUT2D eigenvalue weighted by atomic mass is 16.5. The number of rotatable bonds is 62. The number of unbranched alkanes of at least 4 members (excludes halogenated alkanes) is 14. The largest absolute Gasteiger partial charge is 0.481 e. The highest BCUT2D eigenvalue weighted by molar-refractivity contribution is 5.87. The van der Waals surface area contributed by atoms with Gasteiger partial charge in [0.05, 0.1) is 63.5 Å². The van der Waals surface area contributed by atoms with Crippen LogP contribution in [0.2, 0.25) is 0 Å². The quantitative estimate of drug-likeness (QED) is 0.0340. The van der Waals surface area contributed by atoms with Crippen molar-refractivity contribution in [2.45, 2.75) is 226 Å². The summed E-state index contributed by atoms with van der Waals surface area (Å²) in [5.74, 6) is -10.1. The minimum absolute atomic E-state index is 0.0130. The number of nitrogens with two attached hydrogens (primary N) is 1. The summed E-state index contributed by atoms with van der Waals surface area (Å²) in [5.41, 5.74) is 5.31. The van der Waals surface area contributed by atoms with Gasteiger partial charge in [-0.25, -0.2) is 4.79 Å². The highest BCUT2D eigenvalue weighted by Gasteiger charge is 2.27. The number of ether oxygens (including phenoxy) is 4. The molecule has 0 fully saturated rings. The standard InChI is InChI=1S/C62H107N5O20/c1-4-47(54(72)28-26-52(46(3)69)59(63)77)22-19-20-32-64-56(74)31-27-53(62(82)83)67-57(75)30-25-49(61(80)81)42-51(71)43-86-39-37-85-36-34-66-58(76)44-87-40-38-84-35-33-65-55(73)29-24-48(60(78)79)41-50(70)23-18-16-14-12-10-8-6-5-7-9-11-13-15-17-21-45(2)68/h46-49,52-53,69H,4-44H2,1-3H3,(H2,63,77)(H,64,74)(H,65,73)(H,66,76)(H,67,75)(H,78,79)(H,80,81)(H,82,83)/t46-,47+,48-,49-,52+,53+/m1/s1. The van der Waals surface area contributed by atoms with E-state index in [0.717, 1.165) is 38.5 Å². The van der Waals surface area contributed by atoms with Gasteiger partial charge in [-0.05, 0) is 71.6 Å². The van der Waals surface area contributed by atoms with E-state index in [1.54, 1.807) is 6.92 Å². The van der Waals surface area contributed by atoms with Gasteiger partial charge >= 0.3 is 17.9 Å². The maximum Gasteiger partial charge on any atom is 0.326 e. The van der Waals surface area contributed by atoms with Crippen molar-refractivity contribution in [3.8, 4) is 0 Å². The second-order valence-electron chi connectivity index (χ2n) is 22.5. The first-order valence-corrected chi connectivity index (χ1v) is 31.7. The smallest absolute Gasteiger partial charge is 0.326 e. The summed E-state index contributed by atoms with van der Waals surface area (Å²) < 4.78 is 21.4. The van der Waals surface area contributed by atoms with Crippen LogP contribution in [0.25, 0.3) is 0 Å². The van der Waals surface area contributed by atoms with Gasteiger partial charge < -0.3 is 71.2 Å². The molecule has 0 spiro atoms. The number of Topliss-reactive ketones (excluding diaryl/α,β-unsaturated/α-hetero) is 4. The molecule has 10 N–H and O–H groups in total. The molecular formula is C62H107N5O20. The Morgan fingerprint density at radius 3 is 1.36 bits per heavy atom. The van der Waals surface area contributed by atoms with Crippen molar-refractivity contribution in [3.05, 3.63) is 0 Å². The van der Waals surface area contributed by atoms with Crippen molar-refractivity contribution in [1.29, 1.82) is 0 Å². The predicted octanol–water partition coefficient (Wildman–Crippen LogP) is 5.49. The van der Waals surface area contributed by atoms with E-state index in [-0.39, 0.29) is 146 Å². The topological polar surface area (TPSA) is 397 Å². The first-order valence-electron chi connectivity index (χ1n) is 31.7. The van der Waals surface area contributed by atoms with Gasteiger partial charge in [0.15, 0.2) is 5.78 Å². The molecule has 87 heavy (non-hydrogen) atoms. The maximum atomic E-state index is 12.7. The number of aliphatic hydroxyl groups excluding tert-OH is 1. The van der Waals surface area contributed by atoms with E-state index in [1.807, 2.05) is 6.92 Å². The number of ketones is 4. The first-order chi connectivity index (χ1) is 41.6. The van der Waals surface area contributed by atoms with Crippen LogP contribution in [0.4, 0.5) is 0 Å². The monoisotopic (exact) mass is 1240 g/mol. The average Bonchev–Trinajstić information content (AvgIpc) is 3.52. The number of carbonyl (C=O) groups is 12. The van der Waals surface area contributed by atoms with Crippen LogP contribution in [-0.2, 0) is 76.5 Å². The number of nitrogens with one attached hydrogen (secondary N) is 4. The van der Waals surface area contributed by atoms with E-state index in [0.29, 0.717) is 38.5 Å². The normalized spacial score (nSPS) is 13.3. The minimum atomic E-state index is -1.43. The number of aliphatic hydroxyl groups is 1. The number of primary amides is 1. The molecule has 0 unspecified atom stereocenters. The molecule has 0 aromatic rings. The summed E-state index contributed by atoms with van der Waals surface area (Å²) in [7, 11) is 0. The summed E-state index contributed by atoms with van der Waals surface area (Å²) >= 11 is 0. The van der Waals surface area contributed by atoms with Crippen molar-refractivity contribution >= 4 is 70.6 Å². The maximum absolute atomic E-state index is 12.7. The second kappa shape index (κ2) is 53.3. The molecule has 0 radical (unpaired) electrons. The fraction of sp³-hybridized carbons (Fsp3) is 0.806. The van der Waals surface area contributed by atoms with Crippen molar-refractivity contribution in [2.24, 2.45) is 29.4 Å². The Bertz CT molecular complexity index is 2020.